The van der Waals surface area contributed by atoms with Crippen LogP contribution in [0, 0.1) is 34.1 Å². The van der Waals surface area contributed by atoms with Crippen LogP contribution in [0.3, 0.4) is 0 Å². The first-order valence-electron chi connectivity index (χ1n) is 19.8. The molecule has 0 aliphatic rings. The fourth-order valence-electron chi connectivity index (χ4n) is 6.28. The van der Waals surface area contributed by atoms with Gasteiger partial charge >= 0.3 is 7.60 Å². The van der Waals surface area contributed by atoms with Crippen molar-refractivity contribution in [2.24, 2.45) is 0 Å². The van der Waals surface area contributed by atoms with Crippen molar-refractivity contribution in [2.75, 3.05) is 13.2 Å². The lowest BCUT2D eigenvalue weighted by molar-refractivity contribution is -0.385. The van der Waals surface area contributed by atoms with Crippen LogP contribution < -0.4 is 0 Å². The third-order valence-corrected chi connectivity index (χ3v) is 13.5. The van der Waals surface area contributed by atoms with Crippen LogP contribution in [0.25, 0.3) is 53.7 Å². The van der Waals surface area contributed by atoms with Crippen LogP contribution in [0.1, 0.15) is 59.4 Å². The highest BCUT2D eigenvalue weighted by atomic mass is 32.1. The first-order valence-corrected chi connectivity index (χ1v) is 23.2. The van der Waals surface area contributed by atoms with Gasteiger partial charge in [-0.1, -0.05) is 98.4 Å². The average molecular weight is 915 g/mol. The first kappa shape index (κ1) is 48.5. The van der Waals surface area contributed by atoms with Crippen LogP contribution in [0.4, 0.5) is 11.4 Å². The number of hydrogen-bond acceptors (Lipinski definition) is 12. The molecule has 0 amide bonds. The van der Waals surface area contributed by atoms with E-state index in [1.165, 1.54) is 44.8 Å². The highest BCUT2D eigenvalue weighted by Gasteiger charge is 2.24. The molecule has 0 aliphatic heterocycles. The SMILES string of the molecule is C.CCOP(=O)(Cc1ccc(-c2nc3ccc(C)cc3s2)cc1)OCC.Cc1ccc2nc(-c3ccc(/C=C/c4ccccc4[N+](=O)[O-])cc3)sc2c1.O=Cc1ccccc1[N+](=O)[O-]. The molecule has 15 heteroatoms. The van der Waals surface area contributed by atoms with Crippen molar-refractivity contribution >= 4 is 80.5 Å². The Morgan fingerprint density at radius 3 is 1.53 bits per heavy atom. The van der Waals surface area contributed by atoms with Crippen molar-refractivity contribution in [1.82, 2.24) is 9.97 Å². The number of aldehydes is 1. The van der Waals surface area contributed by atoms with Gasteiger partial charge in [-0.2, -0.15) is 0 Å². The topological polar surface area (TPSA) is 165 Å². The maximum absolute atomic E-state index is 12.6. The van der Waals surface area contributed by atoms with E-state index >= 15 is 0 Å². The molecule has 0 saturated heterocycles. The molecule has 12 nitrogen and oxygen atoms in total. The van der Waals surface area contributed by atoms with Crippen LogP contribution in [0.5, 0.6) is 0 Å². The zero-order chi connectivity index (χ0) is 44.9. The summed E-state index contributed by atoms with van der Waals surface area (Å²) in [6.07, 6.45) is 4.41. The molecule has 0 saturated carbocycles. The predicted octanol–water partition coefficient (Wildman–Crippen LogP) is 14.4. The molecule has 0 unspecified atom stereocenters. The van der Waals surface area contributed by atoms with Gasteiger partial charge in [0.15, 0.2) is 6.29 Å². The molecule has 0 atom stereocenters. The van der Waals surface area contributed by atoms with Gasteiger partial charge in [-0.3, -0.25) is 29.6 Å². The van der Waals surface area contributed by atoms with Gasteiger partial charge in [-0.25, -0.2) is 9.97 Å². The number of thiazole rings is 2. The van der Waals surface area contributed by atoms with E-state index in [-0.39, 0.29) is 35.5 Å². The molecule has 0 fully saturated rings. The molecule has 8 aromatic rings. The number of carbonyl (C=O) groups excluding carboxylic acids is 1. The summed E-state index contributed by atoms with van der Waals surface area (Å²) in [6, 6.07) is 41.1. The molecule has 0 bridgehead atoms. The van der Waals surface area contributed by atoms with Crippen molar-refractivity contribution in [3.63, 3.8) is 0 Å². The molecular weight excluding hydrogens is 868 g/mol. The Kier molecular flexibility index (Phi) is 17.2. The lowest BCUT2D eigenvalue weighted by Crippen LogP contribution is -1.99. The normalized spacial score (nSPS) is 11.0. The number of para-hydroxylation sites is 2. The number of aryl methyl sites for hydroxylation is 2. The zero-order valence-electron chi connectivity index (χ0n) is 34.9. The fraction of sp³-hybridized carbons (Fsp3) is 0.163. The molecule has 8 rings (SSSR count). The van der Waals surface area contributed by atoms with E-state index in [0.717, 1.165) is 43.3 Å². The smallest absolute Gasteiger partial charge is 0.309 e. The molecule has 0 N–H and O–H groups in total. The minimum atomic E-state index is -3.07. The van der Waals surface area contributed by atoms with Gasteiger partial charge in [0.2, 0.25) is 0 Å². The Labute approximate surface area is 379 Å². The number of nitro benzene ring substituents is 2. The van der Waals surface area contributed by atoms with Crippen molar-refractivity contribution < 1.29 is 28.3 Å². The van der Waals surface area contributed by atoms with Gasteiger partial charge in [0, 0.05) is 23.3 Å². The summed E-state index contributed by atoms with van der Waals surface area (Å²) in [6.45, 7) is 8.56. The van der Waals surface area contributed by atoms with Crippen LogP contribution in [-0.4, -0.2) is 39.3 Å². The minimum Gasteiger partial charge on any atom is -0.309 e. The molecule has 64 heavy (non-hydrogen) atoms. The predicted molar refractivity (Wildman–Crippen MR) is 261 cm³/mol. The quantitative estimate of drug-likeness (QED) is 0.0357. The Hall–Kier alpha value is -6.54. The lowest BCUT2D eigenvalue weighted by Gasteiger charge is -2.17. The summed E-state index contributed by atoms with van der Waals surface area (Å²) < 4.78 is 25.7. The van der Waals surface area contributed by atoms with E-state index in [2.05, 4.69) is 50.2 Å². The number of hydrogen-bond donors (Lipinski definition) is 0. The van der Waals surface area contributed by atoms with E-state index < -0.39 is 12.5 Å². The third kappa shape index (κ3) is 12.8. The second-order valence-electron chi connectivity index (χ2n) is 14.0. The Balaban J connectivity index is 0.000000194. The number of nitrogens with zero attached hydrogens (tertiary/aromatic N) is 4. The van der Waals surface area contributed by atoms with Gasteiger partial charge in [-0.15, -0.1) is 22.7 Å². The molecule has 2 heterocycles. The van der Waals surface area contributed by atoms with Gasteiger partial charge in [-0.05, 0) is 92.4 Å². The summed E-state index contributed by atoms with van der Waals surface area (Å²) in [5, 5.41) is 23.3. The first-order chi connectivity index (χ1) is 30.4. The third-order valence-electron chi connectivity index (χ3n) is 9.32. The highest BCUT2D eigenvalue weighted by Crippen LogP contribution is 2.51. The zero-order valence-corrected chi connectivity index (χ0v) is 37.4. The number of carbonyl (C=O) groups is 1. The summed E-state index contributed by atoms with van der Waals surface area (Å²) in [4.78, 5) is 40.0. The molecule has 6 aromatic carbocycles. The van der Waals surface area contributed by atoms with Gasteiger partial charge < -0.3 is 9.05 Å². The summed E-state index contributed by atoms with van der Waals surface area (Å²) in [7, 11) is -3.07. The maximum Gasteiger partial charge on any atom is 0.335 e. The minimum absolute atomic E-state index is 0. The van der Waals surface area contributed by atoms with Gasteiger partial charge in [0.05, 0.1) is 60.8 Å². The molecule has 0 radical (unpaired) electrons. The summed E-state index contributed by atoms with van der Waals surface area (Å²) in [5.74, 6) is 0. The number of rotatable bonds is 13. The monoisotopic (exact) mass is 914 g/mol. The van der Waals surface area contributed by atoms with E-state index in [9.17, 15) is 29.6 Å². The van der Waals surface area contributed by atoms with Crippen molar-refractivity contribution in [3.8, 4) is 21.1 Å². The Bertz CT molecular complexity index is 2940. The number of aromatic nitrogens is 2. The Morgan fingerprint density at radius 2 is 1.08 bits per heavy atom. The average Bonchev–Trinajstić information content (AvgIpc) is 3.91. The molecule has 0 aliphatic carbocycles. The van der Waals surface area contributed by atoms with Gasteiger partial charge in [0.1, 0.15) is 10.0 Å². The number of nitro groups is 2. The molecule has 0 spiro atoms. The maximum atomic E-state index is 12.6. The summed E-state index contributed by atoms with van der Waals surface area (Å²) >= 11 is 3.37. The van der Waals surface area contributed by atoms with E-state index in [1.807, 2.05) is 68.5 Å². The largest absolute Gasteiger partial charge is 0.335 e. The number of benzene rings is 6. The second-order valence-corrected chi connectivity index (χ2v) is 18.1. The second kappa shape index (κ2) is 22.7. The van der Waals surface area contributed by atoms with Crippen LogP contribution in [-0.2, 0) is 19.8 Å². The fourth-order valence-corrected chi connectivity index (χ4v) is 10.1. The van der Waals surface area contributed by atoms with Gasteiger partial charge in [0.25, 0.3) is 11.4 Å². The molecule has 2 aromatic heterocycles. The number of fused-ring (bicyclic) bond motifs is 2. The van der Waals surface area contributed by atoms with Crippen molar-refractivity contribution in [3.05, 3.63) is 187 Å². The molecule has 328 valence electrons. The lowest BCUT2D eigenvalue weighted by atomic mass is 10.1. The van der Waals surface area contributed by atoms with E-state index in [1.54, 1.807) is 53.0 Å². The van der Waals surface area contributed by atoms with E-state index in [0.29, 0.717) is 25.1 Å². The summed E-state index contributed by atoms with van der Waals surface area (Å²) in [5.41, 5.74) is 9.20. The van der Waals surface area contributed by atoms with Crippen LogP contribution in [0.15, 0.2) is 133 Å². The van der Waals surface area contributed by atoms with Crippen molar-refractivity contribution in [1.29, 1.82) is 0 Å². The van der Waals surface area contributed by atoms with E-state index in [4.69, 9.17) is 19.0 Å². The Morgan fingerprint density at radius 1 is 0.625 bits per heavy atom. The van der Waals surface area contributed by atoms with Crippen LogP contribution in [0.2, 0.25) is 0 Å². The van der Waals surface area contributed by atoms with Crippen molar-refractivity contribution in [2.45, 2.75) is 41.3 Å². The standard InChI is InChI=1S/C22H16N2O2S.C19H22NO3PS.C7H5NO3.CH4/c1-15-6-13-19-21(14-15)27-22(23-19)18-11-8-16(9-12-18)7-10-17-4-2-3-5-20(17)24(25)26;1-4-22-24(21,23-5-2)13-15-7-9-16(10-8-15)19-20-17-11-6-14(3)12-18(17)25-19;9-5-6-3-1-2-4-7(6)8(10)11;/h2-14H,1H3;6-12H,4-5,13H2,1-3H3;1-5H;1H4/b10-7+;;;. The molecular formula is C49H47N4O8PS2. The highest BCUT2D eigenvalue weighted by molar-refractivity contribution is 7.53. The van der Waals surface area contributed by atoms with Crippen LogP contribution >= 0.6 is 30.3 Å².